The number of hydrogen-bond donors (Lipinski definition) is 2. The Morgan fingerprint density at radius 2 is 1.46 bits per heavy atom. The van der Waals surface area contributed by atoms with Crippen molar-refractivity contribution in [3.8, 4) is 6.07 Å². The zero-order valence-electron chi connectivity index (χ0n) is 13.5. The second kappa shape index (κ2) is 6.99. The van der Waals surface area contributed by atoms with Gasteiger partial charge >= 0.3 is 12.4 Å². The lowest BCUT2D eigenvalue weighted by molar-refractivity contribution is -0.376. The number of nitrogens with zero attached hydrogens (tertiary/aromatic N) is 1. The molecular weight excluding hydrogens is 414 g/mol. The average Bonchev–Trinajstić information content (AvgIpc) is 2.59. The summed E-state index contributed by atoms with van der Waals surface area (Å²) >= 11 is 0. The van der Waals surface area contributed by atoms with Crippen LogP contribution in [-0.2, 0) is 15.6 Å². The minimum atomic E-state index is -6.05. The number of benzene rings is 2. The van der Waals surface area contributed by atoms with Crippen LogP contribution in [0.2, 0.25) is 0 Å². The molecule has 0 heterocycles. The molecule has 2 rings (SSSR count). The summed E-state index contributed by atoms with van der Waals surface area (Å²) in [5, 5.41) is 18.1. The van der Waals surface area contributed by atoms with Gasteiger partial charge in [-0.25, -0.2) is 8.42 Å². The van der Waals surface area contributed by atoms with Crippen LogP contribution in [-0.4, -0.2) is 25.9 Å². The summed E-state index contributed by atoms with van der Waals surface area (Å²) in [5.41, 5.74) is -6.96. The fourth-order valence-corrected chi connectivity index (χ4v) is 3.32. The van der Waals surface area contributed by atoms with Gasteiger partial charge in [0.1, 0.15) is 0 Å². The van der Waals surface area contributed by atoms with Crippen LogP contribution in [0.4, 0.5) is 32.0 Å². The Kier molecular flexibility index (Phi) is 5.37. The molecule has 0 spiro atoms. The molecule has 0 aliphatic heterocycles. The molecule has 0 aliphatic rings. The van der Waals surface area contributed by atoms with Gasteiger partial charge in [-0.2, -0.15) is 31.6 Å². The molecule has 2 N–H and O–H groups in total. The Bertz CT molecular complexity index is 994. The molecule has 0 amide bonds. The van der Waals surface area contributed by atoms with E-state index in [1.54, 1.807) is 6.07 Å². The van der Waals surface area contributed by atoms with Crippen LogP contribution in [0.15, 0.2) is 53.4 Å². The van der Waals surface area contributed by atoms with Crippen LogP contribution in [0.25, 0.3) is 0 Å². The minimum Gasteiger partial charge on any atom is -0.369 e. The predicted molar refractivity (Wildman–Crippen MR) is 84.4 cm³/mol. The van der Waals surface area contributed by atoms with Crippen LogP contribution in [0.3, 0.4) is 0 Å². The molecule has 0 atom stereocenters. The normalized spacial score (nSPS) is 13.1. The lowest BCUT2D eigenvalue weighted by atomic mass is 9.92. The van der Waals surface area contributed by atoms with Gasteiger partial charge in [0.15, 0.2) is 0 Å². The second-order valence-electron chi connectivity index (χ2n) is 5.53. The molecular formula is C16H10F6N2O3S. The van der Waals surface area contributed by atoms with E-state index in [0.717, 1.165) is 12.1 Å². The van der Waals surface area contributed by atoms with E-state index in [1.807, 2.05) is 4.72 Å². The molecule has 150 valence electrons. The fourth-order valence-electron chi connectivity index (χ4n) is 2.21. The van der Waals surface area contributed by atoms with Crippen LogP contribution < -0.4 is 4.72 Å². The standard InChI is InChI=1S/C16H10F6N2O3S/c17-15(18,19)14(25,16(20,21)22)11-4-6-12(7-5-11)24-28(26,27)13-3-1-2-10(8-13)9-23/h1-8,24-25H. The number of sulfonamides is 1. The second-order valence-corrected chi connectivity index (χ2v) is 7.21. The molecule has 0 radical (unpaired) electrons. The molecule has 28 heavy (non-hydrogen) atoms. The highest BCUT2D eigenvalue weighted by molar-refractivity contribution is 7.92. The Morgan fingerprint density at radius 3 is 1.93 bits per heavy atom. The molecule has 0 bridgehead atoms. The summed E-state index contributed by atoms with van der Waals surface area (Å²) in [6.07, 6.45) is -12.1. The number of anilines is 1. The van der Waals surface area contributed by atoms with Crippen molar-refractivity contribution >= 4 is 15.7 Å². The highest BCUT2D eigenvalue weighted by Gasteiger charge is 2.71. The highest BCUT2D eigenvalue weighted by atomic mass is 32.2. The van der Waals surface area contributed by atoms with Gasteiger partial charge < -0.3 is 5.11 Å². The maximum absolute atomic E-state index is 12.8. The Hall–Kier alpha value is -2.78. The summed E-state index contributed by atoms with van der Waals surface area (Å²) in [7, 11) is -4.26. The van der Waals surface area contributed by atoms with E-state index in [4.69, 9.17) is 5.26 Å². The zero-order valence-corrected chi connectivity index (χ0v) is 14.3. The van der Waals surface area contributed by atoms with Crippen LogP contribution in [0.1, 0.15) is 11.1 Å². The van der Waals surface area contributed by atoms with Crippen molar-refractivity contribution in [1.82, 2.24) is 0 Å². The number of nitrogens with one attached hydrogen (secondary N) is 1. The molecule has 0 aromatic heterocycles. The van der Waals surface area contributed by atoms with Crippen molar-refractivity contribution in [1.29, 1.82) is 5.26 Å². The molecule has 2 aromatic rings. The largest absolute Gasteiger partial charge is 0.430 e. The third kappa shape index (κ3) is 3.90. The van der Waals surface area contributed by atoms with E-state index in [9.17, 15) is 39.9 Å². The van der Waals surface area contributed by atoms with Crippen molar-refractivity contribution in [3.63, 3.8) is 0 Å². The number of alkyl halides is 6. The monoisotopic (exact) mass is 424 g/mol. The summed E-state index contributed by atoms with van der Waals surface area (Å²) in [5.74, 6) is 0. The average molecular weight is 424 g/mol. The first-order chi connectivity index (χ1) is 12.7. The van der Waals surface area contributed by atoms with Crippen molar-refractivity contribution in [2.75, 3.05) is 4.72 Å². The molecule has 12 heteroatoms. The first-order valence-electron chi connectivity index (χ1n) is 7.22. The Labute approximate surface area is 154 Å². The third-order valence-corrected chi connectivity index (χ3v) is 5.03. The maximum atomic E-state index is 12.8. The van der Waals surface area contributed by atoms with Gasteiger partial charge in [0, 0.05) is 11.3 Å². The van der Waals surface area contributed by atoms with Crippen LogP contribution in [0.5, 0.6) is 0 Å². The molecule has 5 nitrogen and oxygen atoms in total. The Morgan fingerprint density at radius 1 is 0.929 bits per heavy atom. The third-order valence-electron chi connectivity index (χ3n) is 3.65. The Balaban J connectivity index is 2.38. The SMILES string of the molecule is N#Cc1cccc(S(=O)(=O)Nc2ccc(C(O)(C(F)(F)F)C(F)(F)F)cc2)c1. The maximum Gasteiger partial charge on any atom is 0.430 e. The number of halogens is 6. The molecule has 0 saturated heterocycles. The predicted octanol–water partition coefficient (Wildman–Crippen LogP) is 3.67. The summed E-state index contributed by atoms with van der Waals surface area (Å²) in [6, 6.07) is 8.42. The fraction of sp³-hybridized carbons (Fsp3) is 0.188. The van der Waals surface area contributed by atoms with Gasteiger partial charge in [0.25, 0.3) is 15.6 Å². The van der Waals surface area contributed by atoms with Gasteiger partial charge in [-0.15, -0.1) is 0 Å². The van der Waals surface area contributed by atoms with E-state index in [0.29, 0.717) is 24.3 Å². The van der Waals surface area contributed by atoms with E-state index in [2.05, 4.69) is 0 Å². The number of rotatable bonds is 4. The highest BCUT2D eigenvalue weighted by Crippen LogP contribution is 2.50. The van der Waals surface area contributed by atoms with Crippen LogP contribution >= 0.6 is 0 Å². The quantitative estimate of drug-likeness (QED) is 0.733. The zero-order chi connectivity index (χ0) is 21.4. The van der Waals surface area contributed by atoms with E-state index in [-0.39, 0.29) is 16.1 Å². The molecule has 2 aromatic carbocycles. The van der Waals surface area contributed by atoms with E-state index < -0.39 is 33.5 Å². The van der Waals surface area contributed by atoms with E-state index >= 15 is 0 Å². The smallest absolute Gasteiger partial charge is 0.369 e. The van der Waals surface area contributed by atoms with Crippen molar-refractivity contribution in [3.05, 3.63) is 59.7 Å². The molecule has 0 saturated carbocycles. The number of aliphatic hydroxyl groups is 1. The van der Waals surface area contributed by atoms with E-state index in [1.165, 1.54) is 12.1 Å². The van der Waals surface area contributed by atoms with Crippen LogP contribution in [0, 0.1) is 11.3 Å². The lowest BCUT2D eigenvalue weighted by Gasteiger charge is -2.32. The molecule has 0 fully saturated rings. The minimum absolute atomic E-state index is 0.0265. The van der Waals surface area contributed by atoms with Crippen molar-refractivity contribution in [2.45, 2.75) is 22.8 Å². The van der Waals surface area contributed by atoms with Crippen molar-refractivity contribution in [2.24, 2.45) is 0 Å². The number of nitriles is 1. The van der Waals surface area contributed by atoms with Gasteiger partial charge in [0.2, 0.25) is 0 Å². The van der Waals surface area contributed by atoms with Gasteiger partial charge in [0.05, 0.1) is 16.5 Å². The molecule has 0 unspecified atom stereocenters. The number of hydrogen-bond acceptors (Lipinski definition) is 4. The van der Waals surface area contributed by atoms with Gasteiger partial charge in [-0.05, 0) is 30.3 Å². The summed E-state index contributed by atoms with van der Waals surface area (Å²) < 4.78 is 103. The van der Waals surface area contributed by atoms with Gasteiger partial charge in [-0.3, -0.25) is 4.72 Å². The lowest BCUT2D eigenvalue weighted by Crippen LogP contribution is -2.53. The molecule has 0 aliphatic carbocycles. The summed E-state index contributed by atoms with van der Waals surface area (Å²) in [6.45, 7) is 0. The first kappa shape index (κ1) is 21.5. The topological polar surface area (TPSA) is 90.2 Å². The van der Waals surface area contributed by atoms with Crippen molar-refractivity contribution < 1.29 is 39.9 Å². The summed E-state index contributed by atoms with van der Waals surface area (Å²) in [4.78, 5) is -0.335. The first-order valence-corrected chi connectivity index (χ1v) is 8.70. The van der Waals surface area contributed by atoms with Gasteiger partial charge in [-0.1, -0.05) is 18.2 Å².